The number of oxime groups is 1. The first-order valence-electron chi connectivity index (χ1n) is 9.78. The third-order valence-corrected chi connectivity index (χ3v) is 5.17. The van der Waals surface area contributed by atoms with Gasteiger partial charge in [0.2, 0.25) is 6.10 Å². The summed E-state index contributed by atoms with van der Waals surface area (Å²) >= 11 is 0. The maximum atomic E-state index is 13.5. The van der Waals surface area contributed by atoms with E-state index in [1.54, 1.807) is 6.07 Å². The fourth-order valence-corrected chi connectivity index (χ4v) is 3.50. The Balaban J connectivity index is 1.58. The van der Waals surface area contributed by atoms with E-state index in [-0.39, 0.29) is 24.5 Å². The number of hydrogen-bond donors (Lipinski definition) is 2. The number of nitrogens with one attached hydrogen (secondary N) is 1. The van der Waals surface area contributed by atoms with E-state index in [9.17, 15) is 18.8 Å². The summed E-state index contributed by atoms with van der Waals surface area (Å²) in [5.74, 6) is -1.16. The van der Waals surface area contributed by atoms with Crippen LogP contribution in [0.15, 0.2) is 69.3 Å². The number of halogens is 1. The number of anilines is 2. The summed E-state index contributed by atoms with van der Waals surface area (Å²) in [6.07, 6.45) is -0.930. The van der Waals surface area contributed by atoms with Crippen LogP contribution in [0.4, 0.5) is 15.9 Å². The molecular weight excluding hydrogens is 417 g/mol. The van der Waals surface area contributed by atoms with E-state index in [4.69, 9.17) is 10.6 Å². The lowest BCUT2D eigenvalue weighted by Gasteiger charge is -2.22. The number of nitrogen functional groups attached to an aromatic ring is 1. The van der Waals surface area contributed by atoms with E-state index in [1.165, 1.54) is 29.8 Å². The summed E-state index contributed by atoms with van der Waals surface area (Å²) in [5.41, 5.74) is 6.19. The quantitative estimate of drug-likeness (QED) is 0.626. The minimum absolute atomic E-state index is 0.0914. The lowest BCUT2D eigenvalue weighted by atomic mass is 10.0. The van der Waals surface area contributed by atoms with Crippen LogP contribution in [-0.4, -0.2) is 34.3 Å². The normalized spacial score (nSPS) is 15.2. The zero-order valence-electron chi connectivity index (χ0n) is 17.1. The van der Waals surface area contributed by atoms with Crippen molar-refractivity contribution in [2.24, 2.45) is 5.16 Å². The van der Waals surface area contributed by atoms with Crippen molar-refractivity contribution in [3.8, 4) is 0 Å². The number of carbonyl (C=O) groups is 1. The summed E-state index contributed by atoms with van der Waals surface area (Å²) in [5, 5.41) is 3.89. The van der Waals surface area contributed by atoms with Crippen molar-refractivity contribution in [1.82, 2.24) is 9.55 Å². The van der Waals surface area contributed by atoms with Crippen LogP contribution in [0.2, 0.25) is 0 Å². The molecule has 0 saturated heterocycles. The Morgan fingerprint density at radius 1 is 1.25 bits per heavy atom. The Morgan fingerprint density at radius 3 is 2.72 bits per heavy atom. The number of benzene rings is 2. The fraction of sp³-hybridized carbons (Fsp3) is 0.182. The van der Waals surface area contributed by atoms with Crippen LogP contribution < -0.4 is 21.9 Å². The van der Waals surface area contributed by atoms with Gasteiger partial charge < -0.3 is 15.5 Å². The first-order chi connectivity index (χ1) is 15.3. The van der Waals surface area contributed by atoms with Gasteiger partial charge in [-0.1, -0.05) is 47.6 Å². The summed E-state index contributed by atoms with van der Waals surface area (Å²) in [7, 11) is 1.37. The van der Waals surface area contributed by atoms with E-state index in [0.717, 1.165) is 10.5 Å². The molecule has 2 heterocycles. The molecule has 0 radical (unpaired) electrons. The molecule has 0 aliphatic carbocycles. The highest BCUT2D eigenvalue weighted by molar-refractivity contribution is 6.07. The van der Waals surface area contributed by atoms with Crippen molar-refractivity contribution in [1.29, 1.82) is 0 Å². The average molecular weight is 437 g/mol. The zero-order valence-corrected chi connectivity index (χ0v) is 17.1. The Labute approximate surface area is 181 Å². The first kappa shape index (κ1) is 21.0. The van der Waals surface area contributed by atoms with E-state index in [0.29, 0.717) is 11.3 Å². The minimum Gasteiger partial charge on any atom is -0.383 e. The van der Waals surface area contributed by atoms with Gasteiger partial charge in [-0.2, -0.15) is 0 Å². The number of nitrogens with two attached hydrogens (primary N) is 1. The Bertz CT molecular complexity index is 1320. The van der Waals surface area contributed by atoms with Gasteiger partial charge in [-0.15, -0.1) is 0 Å². The highest BCUT2D eigenvalue weighted by Gasteiger charge is 2.33. The summed E-state index contributed by atoms with van der Waals surface area (Å²) < 4.78 is 14.7. The van der Waals surface area contributed by atoms with Crippen LogP contribution in [-0.2, 0) is 16.2 Å². The van der Waals surface area contributed by atoms with Gasteiger partial charge in [0, 0.05) is 19.0 Å². The van der Waals surface area contributed by atoms with Crippen LogP contribution in [0, 0.1) is 5.82 Å². The predicted molar refractivity (Wildman–Crippen MR) is 117 cm³/mol. The standard InChI is InChI=1S/C22H20FN5O4/c1-27(21(30)17-11-16(26-32-17)14-8-5-9-15(23)10-14)18-19(24)28(22(31)25-20(18)29)12-13-6-3-2-4-7-13/h2-10,17H,11-12,24H2,1H3,(H,25,29,31). The lowest BCUT2D eigenvalue weighted by Crippen LogP contribution is -2.43. The first-order valence-corrected chi connectivity index (χ1v) is 9.78. The van der Waals surface area contributed by atoms with Gasteiger partial charge in [0.05, 0.1) is 12.3 Å². The molecule has 10 heteroatoms. The van der Waals surface area contributed by atoms with E-state index in [1.807, 2.05) is 30.3 Å². The second kappa shape index (κ2) is 8.50. The molecule has 1 aromatic heterocycles. The van der Waals surface area contributed by atoms with E-state index < -0.39 is 29.1 Å². The number of rotatable bonds is 5. The zero-order chi connectivity index (χ0) is 22.8. The monoisotopic (exact) mass is 437 g/mol. The molecule has 1 atom stereocenters. The molecule has 164 valence electrons. The van der Waals surface area contributed by atoms with Crippen molar-refractivity contribution in [3.63, 3.8) is 0 Å². The number of H-pyrrole nitrogens is 1. The molecule has 9 nitrogen and oxygen atoms in total. The molecule has 0 spiro atoms. The van der Waals surface area contributed by atoms with E-state index >= 15 is 0 Å². The molecule has 0 bridgehead atoms. The minimum atomic E-state index is -1.02. The number of aromatic nitrogens is 2. The Kier molecular flexibility index (Phi) is 5.59. The van der Waals surface area contributed by atoms with Crippen LogP contribution in [0.25, 0.3) is 0 Å². The third-order valence-electron chi connectivity index (χ3n) is 5.17. The van der Waals surface area contributed by atoms with Gasteiger partial charge >= 0.3 is 5.69 Å². The van der Waals surface area contributed by atoms with Crippen molar-refractivity contribution < 1.29 is 14.0 Å². The highest BCUT2D eigenvalue weighted by Crippen LogP contribution is 2.22. The molecule has 1 unspecified atom stereocenters. The number of carbonyl (C=O) groups excluding carboxylic acids is 1. The van der Waals surface area contributed by atoms with Crippen molar-refractivity contribution in [2.45, 2.75) is 19.1 Å². The van der Waals surface area contributed by atoms with Crippen LogP contribution in [0.5, 0.6) is 0 Å². The molecule has 1 aliphatic heterocycles. The molecule has 0 fully saturated rings. The largest absolute Gasteiger partial charge is 0.383 e. The second-order valence-electron chi connectivity index (χ2n) is 7.31. The average Bonchev–Trinajstić information content (AvgIpc) is 3.27. The van der Waals surface area contributed by atoms with Crippen molar-refractivity contribution in [3.05, 3.63) is 92.4 Å². The third kappa shape index (κ3) is 4.02. The number of likely N-dealkylation sites (N-methyl/N-ethyl adjacent to an activating group) is 1. The van der Waals surface area contributed by atoms with Crippen LogP contribution in [0.3, 0.4) is 0 Å². The summed E-state index contributed by atoms with van der Waals surface area (Å²) in [6.45, 7) is 0.115. The van der Waals surface area contributed by atoms with Crippen LogP contribution >= 0.6 is 0 Å². The van der Waals surface area contributed by atoms with Gasteiger partial charge in [-0.25, -0.2) is 9.18 Å². The van der Waals surface area contributed by atoms with Gasteiger partial charge in [0.1, 0.15) is 11.6 Å². The fourth-order valence-electron chi connectivity index (χ4n) is 3.50. The molecule has 4 rings (SSSR count). The predicted octanol–water partition coefficient (Wildman–Crippen LogP) is 1.46. The van der Waals surface area contributed by atoms with Crippen molar-refractivity contribution in [2.75, 3.05) is 17.7 Å². The Hall–Kier alpha value is -4.21. The second-order valence-corrected chi connectivity index (χ2v) is 7.31. The van der Waals surface area contributed by atoms with Crippen LogP contribution in [0.1, 0.15) is 17.5 Å². The molecule has 3 aromatic rings. The molecule has 32 heavy (non-hydrogen) atoms. The number of nitrogens with zero attached hydrogens (tertiary/aromatic N) is 3. The molecule has 1 aliphatic rings. The lowest BCUT2D eigenvalue weighted by molar-refractivity contribution is -0.128. The molecule has 1 amide bonds. The maximum Gasteiger partial charge on any atom is 0.330 e. The smallest absolute Gasteiger partial charge is 0.330 e. The Morgan fingerprint density at radius 2 is 2.00 bits per heavy atom. The number of aromatic amines is 1. The van der Waals surface area contributed by atoms with Gasteiger partial charge in [-0.05, 0) is 17.7 Å². The number of amides is 1. The molecule has 0 saturated carbocycles. The topological polar surface area (TPSA) is 123 Å². The van der Waals surface area contributed by atoms with Gasteiger partial charge in [0.25, 0.3) is 11.5 Å². The summed E-state index contributed by atoms with van der Waals surface area (Å²) in [4.78, 5) is 46.3. The summed E-state index contributed by atoms with van der Waals surface area (Å²) in [6, 6.07) is 14.9. The molecule has 3 N–H and O–H groups in total. The number of hydrogen-bond acceptors (Lipinski definition) is 6. The van der Waals surface area contributed by atoms with Crippen molar-refractivity contribution >= 4 is 23.1 Å². The molecular formula is C22H20FN5O4. The maximum absolute atomic E-state index is 13.5. The van der Waals surface area contributed by atoms with E-state index in [2.05, 4.69) is 10.1 Å². The molecule has 2 aromatic carbocycles. The van der Waals surface area contributed by atoms with Gasteiger partial charge in [0.15, 0.2) is 5.69 Å². The van der Waals surface area contributed by atoms with Gasteiger partial charge in [-0.3, -0.25) is 19.1 Å². The highest BCUT2D eigenvalue weighted by atomic mass is 19.1. The SMILES string of the molecule is CN(C(=O)C1CC(c2cccc(F)c2)=NO1)c1c(N)n(Cc2ccccc2)c(=O)[nH]c1=O.